The van der Waals surface area contributed by atoms with E-state index in [-0.39, 0.29) is 36.3 Å². The first kappa shape index (κ1) is 23.5. The van der Waals surface area contributed by atoms with E-state index in [4.69, 9.17) is 4.74 Å². The second kappa shape index (κ2) is 11.5. The van der Waals surface area contributed by atoms with E-state index < -0.39 is 0 Å². The lowest BCUT2D eigenvalue weighted by Gasteiger charge is -2.31. The van der Waals surface area contributed by atoms with Gasteiger partial charge in [0.05, 0.1) is 6.04 Å². The van der Waals surface area contributed by atoms with Crippen molar-refractivity contribution in [1.82, 2.24) is 15.5 Å². The Labute approximate surface area is 199 Å². The number of hydrogen-bond donors (Lipinski definition) is 2. The Hall–Kier alpha value is -3.61. The van der Waals surface area contributed by atoms with Crippen molar-refractivity contribution in [3.63, 3.8) is 0 Å². The van der Waals surface area contributed by atoms with Gasteiger partial charge < -0.3 is 20.3 Å². The minimum absolute atomic E-state index is 0.111. The first-order valence-corrected chi connectivity index (χ1v) is 11.7. The number of ketones is 1. The number of Topliss-reactive ketones (excluding diaryl/α,β-unsaturated/α-hetero) is 1. The maximum absolute atomic E-state index is 13.5. The Morgan fingerprint density at radius 1 is 1.09 bits per heavy atom. The second-order valence-corrected chi connectivity index (χ2v) is 8.62. The highest BCUT2D eigenvalue weighted by Gasteiger charge is 2.29. The summed E-state index contributed by atoms with van der Waals surface area (Å²) in [6, 6.07) is 15.6. The van der Waals surface area contributed by atoms with Gasteiger partial charge in [0.25, 0.3) is 0 Å². The van der Waals surface area contributed by atoms with Gasteiger partial charge in [-0.2, -0.15) is 0 Å². The summed E-state index contributed by atoms with van der Waals surface area (Å²) in [6.07, 6.45) is 6.98. The van der Waals surface area contributed by atoms with Gasteiger partial charge in [-0.25, -0.2) is 9.18 Å². The van der Waals surface area contributed by atoms with E-state index >= 15 is 0 Å². The van der Waals surface area contributed by atoms with E-state index in [0.29, 0.717) is 38.9 Å². The van der Waals surface area contributed by atoms with Crippen LogP contribution in [0.2, 0.25) is 0 Å². The molecule has 0 saturated carbocycles. The second-order valence-electron chi connectivity index (χ2n) is 8.62. The quantitative estimate of drug-likeness (QED) is 0.605. The molecule has 0 aromatic heterocycles. The Balaban J connectivity index is 1.31. The summed E-state index contributed by atoms with van der Waals surface area (Å²) in [6.45, 7) is 1.95. The standard InChI is InChI=1S/C27H30FN3O3/c28-23-8-6-21(7-9-23)25(30-24-10-14-29-15-11-24)18-26(32)22-12-16-31(17-13-22)27(33)34-19-20-4-2-1-3-5-20/h1-11,14,22,25,29-30H,12-13,15-19H2. The molecule has 4 rings (SSSR count). The molecule has 178 valence electrons. The zero-order valence-corrected chi connectivity index (χ0v) is 19.1. The molecule has 1 amide bonds. The van der Waals surface area contributed by atoms with Gasteiger partial charge in [-0.15, -0.1) is 0 Å². The van der Waals surface area contributed by atoms with Crippen LogP contribution in [0.25, 0.3) is 0 Å². The van der Waals surface area contributed by atoms with Crippen molar-refractivity contribution < 1.29 is 18.7 Å². The molecule has 6 nitrogen and oxygen atoms in total. The third-order valence-electron chi connectivity index (χ3n) is 6.25. The first-order valence-electron chi connectivity index (χ1n) is 11.7. The van der Waals surface area contributed by atoms with Crippen molar-refractivity contribution >= 4 is 11.9 Å². The van der Waals surface area contributed by atoms with Crippen LogP contribution in [0.1, 0.15) is 36.4 Å². The molecular weight excluding hydrogens is 433 g/mol. The lowest BCUT2D eigenvalue weighted by atomic mass is 9.88. The predicted molar refractivity (Wildman–Crippen MR) is 128 cm³/mol. The van der Waals surface area contributed by atoms with Crippen molar-refractivity contribution in [2.24, 2.45) is 5.92 Å². The number of amides is 1. The fourth-order valence-corrected chi connectivity index (χ4v) is 4.27. The van der Waals surface area contributed by atoms with Gasteiger partial charge in [0, 0.05) is 37.7 Å². The average Bonchev–Trinajstić information content (AvgIpc) is 2.88. The number of nitrogens with one attached hydrogen (secondary N) is 2. The smallest absolute Gasteiger partial charge is 0.410 e. The summed E-state index contributed by atoms with van der Waals surface area (Å²) in [5, 5.41) is 6.53. The van der Waals surface area contributed by atoms with E-state index in [9.17, 15) is 14.0 Å². The van der Waals surface area contributed by atoms with Crippen LogP contribution in [0.4, 0.5) is 9.18 Å². The predicted octanol–water partition coefficient (Wildman–Crippen LogP) is 4.47. The maximum Gasteiger partial charge on any atom is 0.410 e. The van der Waals surface area contributed by atoms with Crippen LogP contribution in [-0.4, -0.2) is 36.4 Å². The maximum atomic E-state index is 13.5. The molecule has 1 saturated heterocycles. The van der Waals surface area contributed by atoms with Crippen molar-refractivity contribution in [3.8, 4) is 0 Å². The molecule has 34 heavy (non-hydrogen) atoms. The van der Waals surface area contributed by atoms with Gasteiger partial charge in [0.2, 0.25) is 0 Å². The molecule has 2 aliphatic heterocycles. The van der Waals surface area contributed by atoms with Crippen molar-refractivity contribution in [3.05, 3.63) is 95.6 Å². The third-order valence-corrected chi connectivity index (χ3v) is 6.25. The number of carbonyl (C=O) groups is 2. The van der Waals surface area contributed by atoms with Crippen LogP contribution in [0.15, 0.2) is 78.6 Å². The van der Waals surface area contributed by atoms with Crippen LogP contribution in [0, 0.1) is 11.7 Å². The highest BCUT2D eigenvalue weighted by Crippen LogP contribution is 2.26. The van der Waals surface area contributed by atoms with Crippen molar-refractivity contribution in [2.45, 2.75) is 31.9 Å². The molecule has 0 bridgehead atoms. The molecule has 7 heteroatoms. The average molecular weight is 464 g/mol. The van der Waals surface area contributed by atoms with E-state index in [1.165, 1.54) is 12.1 Å². The number of halogens is 1. The largest absolute Gasteiger partial charge is 0.445 e. The highest BCUT2D eigenvalue weighted by molar-refractivity contribution is 5.82. The Morgan fingerprint density at radius 2 is 1.82 bits per heavy atom. The van der Waals surface area contributed by atoms with E-state index in [0.717, 1.165) is 16.8 Å². The summed E-state index contributed by atoms with van der Waals surface area (Å²) in [7, 11) is 0. The molecule has 2 aromatic rings. The molecular formula is C27H30FN3O3. The molecule has 0 aliphatic carbocycles. The fraction of sp³-hybridized carbons (Fsp3) is 0.333. The van der Waals surface area contributed by atoms with Gasteiger partial charge in [0.15, 0.2) is 0 Å². The number of likely N-dealkylation sites (tertiary alicyclic amines) is 1. The van der Waals surface area contributed by atoms with Crippen molar-refractivity contribution in [1.29, 1.82) is 0 Å². The Bertz CT molecular complexity index is 1030. The Morgan fingerprint density at radius 3 is 2.50 bits per heavy atom. The molecule has 1 atom stereocenters. The molecule has 0 spiro atoms. The molecule has 1 fully saturated rings. The molecule has 2 aromatic carbocycles. The summed E-state index contributed by atoms with van der Waals surface area (Å²) in [4.78, 5) is 27.3. The van der Waals surface area contributed by atoms with Crippen LogP contribution >= 0.6 is 0 Å². The van der Waals surface area contributed by atoms with Crippen LogP contribution in [-0.2, 0) is 16.1 Å². The number of nitrogens with zero attached hydrogens (tertiary/aromatic N) is 1. The minimum atomic E-state index is -0.342. The zero-order chi connectivity index (χ0) is 23.8. The molecule has 2 aliphatic rings. The summed E-state index contributed by atoms with van der Waals surface area (Å²) in [5.41, 5.74) is 2.74. The molecule has 1 unspecified atom stereocenters. The SMILES string of the molecule is O=C(CC(NC1=CCNC=C1)c1ccc(F)cc1)C1CCN(C(=O)OCc2ccccc2)CC1. The van der Waals surface area contributed by atoms with Crippen molar-refractivity contribution in [2.75, 3.05) is 19.6 Å². The van der Waals surface area contributed by atoms with Crippen LogP contribution in [0.5, 0.6) is 0 Å². The van der Waals surface area contributed by atoms with Gasteiger partial charge >= 0.3 is 6.09 Å². The number of ether oxygens (including phenoxy) is 1. The molecule has 0 radical (unpaired) electrons. The highest BCUT2D eigenvalue weighted by atomic mass is 19.1. The lowest BCUT2D eigenvalue weighted by Crippen LogP contribution is -2.41. The van der Waals surface area contributed by atoms with E-state index in [1.807, 2.05) is 48.7 Å². The third kappa shape index (κ3) is 6.47. The lowest BCUT2D eigenvalue weighted by molar-refractivity contribution is -0.124. The summed E-state index contributed by atoms with van der Waals surface area (Å²) in [5.74, 6) is -0.264. The van der Waals surface area contributed by atoms with E-state index in [2.05, 4.69) is 10.6 Å². The van der Waals surface area contributed by atoms with Gasteiger partial charge in [-0.3, -0.25) is 4.79 Å². The zero-order valence-electron chi connectivity index (χ0n) is 19.1. The van der Waals surface area contributed by atoms with Crippen LogP contribution < -0.4 is 10.6 Å². The number of piperidine rings is 1. The van der Waals surface area contributed by atoms with E-state index in [1.54, 1.807) is 17.0 Å². The summed E-state index contributed by atoms with van der Waals surface area (Å²) < 4.78 is 18.9. The van der Waals surface area contributed by atoms with Crippen LogP contribution in [0.3, 0.4) is 0 Å². The number of dihydropyridines is 1. The number of carbonyl (C=O) groups excluding carboxylic acids is 2. The molecule has 2 N–H and O–H groups in total. The fourth-order valence-electron chi connectivity index (χ4n) is 4.27. The number of allylic oxidation sites excluding steroid dienone is 1. The number of rotatable bonds is 8. The van der Waals surface area contributed by atoms with Gasteiger partial charge in [0.1, 0.15) is 18.2 Å². The monoisotopic (exact) mass is 463 g/mol. The molecule has 2 heterocycles. The number of benzene rings is 2. The minimum Gasteiger partial charge on any atom is -0.445 e. The Kier molecular flexibility index (Phi) is 7.96. The normalized spacial score (nSPS) is 16.9. The summed E-state index contributed by atoms with van der Waals surface area (Å²) >= 11 is 0. The topological polar surface area (TPSA) is 70.7 Å². The number of hydrogen-bond acceptors (Lipinski definition) is 5. The van der Waals surface area contributed by atoms with Gasteiger partial charge in [-0.1, -0.05) is 42.5 Å². The van der Waals surface area contributed by atoms with Gasteiger partial charge in [-0.05, 0) is 54.5 Å². The first-order chi connectivity index (χ1) is 16.6.